The number of thioether (sulfide) groups is 1. The van der Waals surface area contributed by atoms with Crippen LogP contribution in [0.5, 0.6) is 0 Å². The summed E-state index contributed by atoms with van der Waals surface area (Å²) in [6.45, 7) is 1.11. The van der Waals surface area contributed by atoms with Gasteiger partial charge in [0, 0.05) is 30.5 Å². The monoisotopic (exact) mass is 472 g/mol. The second-order valence-electron chi connectivity index (χ2n) is 7.31. The number of piperidine rings is 1. The number of hydrogen-bond acceptors (Lipinski definition) is 9. The first-order chi connectivity index (χ1) is 15.6. The number of sulfonamides is 1. The van der Waals surface area contributed by atoms with Crippen molar-refractivity contribution in [2.45, 2.75) is 35.1 Å². The number of nitrogens with zero attached hydrogens (tertiary/aromatic N) is 4. The van der Waals surface area contributed by atoms with Crippen LogP contribution in [-0.2, 0) is 15.8 Å². The molecule has 0 atom stereocenters. The zero-order valence-electron chi connectivity index (χ0n) is 17.0. The summed E-state index contributed by atoms with van der Waals surface area (Å²) >= 11 is 1.31. The van der Waals surface area contributed by atoms with E-state index in [0.29, 0.717) is 46.8 Å². The smallest absolute Gasteiger partial charge is 0.277 e. The number of hydrogen-bond donors (Lipinski definition) is 0. The van der Waals surface area contributed by atoms with Crippen molar-refractivity contribution >= 4 is 21.8 Å². The Hall–Kier alpha value is -2.89. The molecular weight excluding hydrogens is 452 g/mol. The van der Waals surface area contributed by atoms with E-state index in [2.05, 4.69) is 15.4 Å². The Kier molecular flexibility index (Phi) is 5.85. The van der Waals surface area contributed by atoms with E-state index in [4.69, 9.17) is 13.4 Å². The predicted octanol–water partition coefficient (Wildman–Crippen LogP) is 4.45. The summed E-state index contributed by atoms with van der Waals surface area (Å²) < 4.78 is 43.8. The Balaban J connectivity index is 1.28. The molecule has 0 saturated carbocycles. The fourth-order valence-corrected chi connectivity index (χ4v) is 5.69. The van der Waals surface area contributed by atoms with Crippen LogP contribution in [0.15, 0.2) is 72.2 Å². The molecular formula is C21H20N4O5S2. The fourth-order valence-electron chi connectivity index (χ4n) is 3.48. The van der Waals surface area contributed by atoms with Crippen molar-refractivity contribution in [3.05, 3.63) is 54.4 Å². The maximum absolute atomic E-state index is 13.0. The Labute approximate surface area is 188 Å². The molecule has 1 aliphatic heterocycles. The normalized spacial score (nSPS) is 15.2. The lowest BCUT2D eigenvalue weighted by Gasteiger charge is -2.25. The lowest BCUT2D eigenvalue weighted by Crippen LogP contribution is -2.35. The zero-order valence-corrected chi connectivity index (χ0v) is 18.6. The fraction of sp³-hybridized carbons (Fsp3) is 0.286. The SMILES string of the molecule is O=S(=O)(c1cccc(-c2nnc(SCc3cc(-c4ccco4)on3)o2)c1)N1CCCCC1. The third-order valence-electron chi connectivity index (χ3n) is 5.11. The van der Waals surface area contributed by atoms with Crippen LogP contribution < -0.4 is 0 Å². The van der Waals surface area contributed by atoms with Crippen molar-refractivity contribution in [1.82, 2.24) is 19.7 Å². The average molecular weight is 473 g/mol. The minimum absolute atomic E-state index is 0.234. The van der Waals surface area contributed by atoms with Gasteiger partial charge >= 0.3 is 0 Å². The van der Waals surface area contributed by atoms with Crippen LogP contribution in [-0.4, -0.2) is 41.2 Å². The standard InChI is InChI=1S/C21H20N4O5S2/c26-32(27,25-9-2-1-3-10-25)17-7-4-6-15(12-17)20-22-23-21(29-20)31-14-16-13-19(30-24-16)18-8-5-11-28-18/h4-8,11-13H,1-3,9-10,14H2. The van der Waals surface area contributed by atoms with E-state index < -0.39 is 10.0 Å². The van der Waals surface area contributed by atoms with Gasteiger partial charge in [0.25, 0.3) is 5.22 Å². The third-order valence-corrected chi connectivity index (χ3v) is 7.85. The highest BCUT2D eigenvalue weighted by Gasteiger charge is 2.26. The minimum Gasteiger partial charge on any atom is -0.461 e. The molecule has 32 heavy (non-hydrogen) atoms. The van der Waals surface area contributed by atoms with Crippen molar-refractivity contribution in [2.75, 3.05) is 13.1 Å². The van der Waals surface area contributed by atoms with Gasteiger partial charge in [-0.25, -0.2) is 8.42 Å². The summed E-state index contributed by atoms with van der Waals surface area (Å²) in [4.78, 5) is 0.234. The van der Waals surface area contributed by atoms with Crippen molar-refractivity contribution in [3.8, 4) is 23.0 Å². The topological polar surface area (TPSA) is 115 Å². The molecule has 0 radical (unpaired) electrons. The summed E-state index contributed by atoms with van der Waals surface area (Å²) in [5, 5.41) is 12.5. The van der Waals surface area contributed by atoms with E-state index in [9.17, 15) is 8.42 Å². The van der Waals surface area contributed by atoms with Gasteiger partial charge in [-0.1, -0.05) is 29.4 Å². The first-order valence-corrected chi connectivity index (χ1v) is 12.6. The number of furan rings is 1. The molecule has 11 heteroatoms. The Morgan fingerprint density at radius 2 is 1.88 bits per heavy atom. The first kappa shape index (κ1) is 21.0. The van der Waals surface area contributed by atoms with Crippen LogP contribution in [0.2, 0.25) is 0 Å². The first-order valence-electron chi connectivity index (χ1n) is 10.2. The van der Waals surface area contributed by atoms with Crippen LogP contribution in [0.25, 0.3) is 23.0 Å². The van der Waals surface area contributed by atoms with Crippen LogP contribution in [0.3, 0.4) is 0 Å². The van der Waals surface area contributed by atoms with E-state index in [0.717, 1.165) is 19.3 Å². The van der Waals surface area contributed by atoms with Gasteiger partial charge in [0.15, 0.2) is 5.76 Å². The quantitative estimate of drug-likeness (QED) is 0.360. The number of rotatable bonds is 7. The molecule has 0 N–H and O–H groups in total. The average Bonchev–Trinajstić information content (AvgIpc) is 3.60. The molecule has 1 saturated heterocycles. The van der Waals surface area contributed by atoms with Crippen molar-refractivity contribution in [2.24, 2.45) is 0 Å². The third kappa shape index (κ3) is 4.36. The zero-order chi connectivity index (χ0) is 22.0. The Morgan fingerprint density at radius 3 is 2.69 bits per heavy atom. The van der Waals surface area contributed by atoms with Crippen molar-refractivity contribution in [3.63, 3.8) is 0 Å². The molecule has 4 heterocycles. The molecule has 166 valence electrons. The van der Waals surface area contributed by atoms with E-state index in [-0.39, 0.29) is 10.8 Å². The van der Waals surface area contributed by atoms with Gasteiger partial charge in [-0.15, -0.1) is 10.2 Å². The van der Waals surface area contributed by atoms with Crippen LogP contribution in [0.4, 0.5) is 0 Å². The van der Waals surface area contributed by atoms with Crippen LogP contribution in [0, 0.1) is 0 Å². The molecule has 0 bridgehead atoms. The van der Waals surface area contributed by atoms with Crippen molar-refractivity contribution < 1.29 is 21.8 Å². The minimum atomic E-state index is -3.54. The predicted molar refractivity (Wildman–Crippen MR) is 116 cm³/mol. The summed E-state index contributed by atoms with van der Waals surface area (Å²) in [5.74, 6) is 1.88. The van der Waals surface area contributed by atoms with Crippen LogP contribution in [0.1, 0.15) is 25.0 Å². The van der Waals surface area contributed by atoms with Gasteiger partial charge in [-0.05, 0) is 43.2 Å². The maximum Gasteiger partial charge on any atom is 0.277 e. The Bertz CT molecular complexity index is 1290. The molecule has 5 rings (SSSR count). The van der Waals surface area contributed by atoms with Gasteiger partial charge in [0.2, 0.25) is 21.7 Å². The van der Waals surface area contributed by atoms with E-state index in [1.54, 1.807) is 53.0 Å². The van der Waals surface area contributed by atoms with Gasteiger partial charge in [-0.3, -0.25) is 0 Å². The summed E-state index contributed by atoms with van der Waals surface area (Å²) in [6, 6.07) is 12.0. The molecule has 0 spiro atoms. The van der Waals surface area contributed by atoms with Crippen molar-refractivity contribution in [1.29, 1.82) is 0 Å². The highest BCUT2D eigenvalue weighted by Crippen LogP contribution is 2.29. The molecule has 0 aliphatic carbocycles. The molecule has 1 aliphatic rings. The van der Waals surface area contributed by atoms with Crippen LogP contribution >= 0.6 is 11.8 Å². The van der Waals surface area contributed by atoms with Gasteiger partial charge in [0.05, 0.1) is 16.9 Å². The molecule has 3 aromatic heterocycles. The largest absolute Gasteiger partial charge is 0.461 e. The van der Waals surface area contributed by atoms with Gasteiger partial charge in [0.1, 0.15) is 0 Å². The maximum atomic E-state index is 13.0. The molecule has 0 unspecified atom stereocenters. The molecule has 1 aromatic carbocycles. The lowest BCUT2D eigenvalue weighted by atomic mass is 10.2. The number of benzene rings is 1. The summed E-state index contributed by atoms with van der Waals surface area (Å²) in [5.41, 5.74) is 1.26. The second kappa shape index (κ2) is 8.93. The van der Waals surface area contributed by atoms with Gasteiger partial charge < -0.3 is 13.4 Å². The summed E-state index contributed by atoms with van der Waals surface area (Å²) in [7, 11) is -3.54. The number of aromatic nitrogens is 3. The lowest BCUT2D eigenvalue weighted by molar-refractivity contribution is 0.346. The van der Waals surface area contributed by atoms with Gasteiger partial charge in [-0.2, -0.15) is 4.31 Å². The summed E-state index contributed by atoms with van der Waals surface area (Å²) in [6.07, 6.45) is 4.40. The Morgan fingerprint density at radius 1 is 1.00 bits per heavy atom. The molecule has 9 nitrogen and oxygen atoms in total. The van der Waals surface area contributed by atoms with E-state index in [1.165, 1.54) is 11.8 Å². The van der Waals surface area contributed by atoms with E-state index >= 15 is 0 Å². The van der Waals surface area contributed by atoms with E-state index in [1.807, 2.05) is 0 Å². The highest BCUT2D eigenvalue weighted by atomic mass is 32.2. The highest BCUT2D eigenvalue weighted by molar-refractivity contribution is 7.98. The molecule has 1 fully saturated rings. The molecule has 0 amide bonds. The second-order valence-corrected chi connectivity index (χ2v) is 10.2. The molecule has 4 aromatic rings.